The molecule has 2 heteroatoms. The van der Waals surface area contributed by atoms with Gasteiger partial charge in [-0.05, 0) is 50.9 Å². The van der Waals surface area contributed by atoms with E-state index in [0.29, 0.717) is 6.04 Å². The molecule has 1 N–H and O–H groups in total. The minimum atomic E-state index is 0.498. The fourth-order valence-corrected chi connectivity index (χ4v) is 2.50. The van der Waals surface area contributed by atoms with Crippen LogP contribution in [-0.2, 0) is 0 Å². The summed E-state index contributed by atoms with van der Waals surface area (Å²) in [6.45, 7) is 5.69. The molecule has 0 heterocycles. The molecule has 2 rings (SSSR count). The fourth-order valence-electron chi connectivity index (χ4n) is 2.50. The zero-order valence-corrected chi connectivity index (χ0v) is 11.7. The van der Waals surface area contributed by atoms with Crippen molar-refractivity contribution < 1.29 is 0 Å². The summed E-state index contributed by atoms with van der Waals surface area (Å²) in [6.07, 6.45) is 4.08. The molecule has 0 spiro atoms. The average molecular weight is 246 g/mol. The number of nitrogens with zero attached hydrogens (tertiary/aromatic N) is 1. The first kappa shape index (κ1) is 13.6. The standard InChI is InChI=1S/C16H26N2/c1-3-17-16(15-7-5-4-6-8-15)11-12-18(2)13-14-9-10-14/h4-8,14,16-17H,3,9-13H2,1-2H3. The van der Waals surface area contributed by atoms with E-state index in [1.807, 2.05) is 0 Å². The molecule has 1 aromatic rings. The van der Waals surface area contributed by atoms with Crippen LogP contribution in [0.25, 0.3) is 0 Å². The lowest BCUT2D eigenvalue weighted by Crippen LogP contribution is -2.28. The zero-order chi connectivity index (χ0) is 12.8. The molecule has 1 aliphatic rings. The predicted octanol–water partition coefficient (Wildman–Crippen LogP) is 3.07. The first-order valence-corrected chi connectivity index (χ1v) is 7.26. The second kappa shape index (κ2) is 6.91. The van der Waals surface area contributed by atoms with Crippen LogP contribution in [0, 0.1) is 5.92 Å². The molecule has 0 aromatic heterocycles. The summed E-state index contributed by atoms with van der Waals surface area (Å²) in [5, 5.41) is 3.60. The summed E-state index contributed by atoms with van der Waals surface area (Å²) >= 11 is 0. The van der Waals surface area contributed by atoms with Crippen molar-refractivity contribution >= 4 is 0 Å². The maximum Gasteiger partial charge on any atom is 0.0332 e. The molecule has 100 valence electrons. The molecule has 0 bridgehead atoms. The number of hydrogen-bond donors (Lipinski definition) is 1. The molecule has 2 nitrogen and oxygen atoms in total. The first-order chi connectivity index (χ1) is 8.79. The van der Waals surface area contributed by atoms with Crippen molar-refractivity contribution in [2.45, 2.75) is 32.2 Å². The van der Waals surface area contributed by atoms with Crippen molar-refractivity contribution in [1.82, 2.24) is 10.2 Å². The Morgan fingerprint density at radius 3 is 2.61 bits per heavy atom. The summed E-state index contributed by atoms with van der Waals surface area (Å²) in [4.78, 5) is 2.49. The van der Waals surface area contributed by atoms with Crippen LogP contribution in [0.5, 0.6) is 0 Å². The summed E-state index contributed by atoms with van der Waals surface area (Å²) in [5.41, 5.74) is 1.42. The highest BCUT2D eigenvalue weighted by Gasteiger charge is 2.23. The maximum atomic E-state index is 3.60. The quantitative estimate of drug-likeness (QED) is 0.758. The minimum absolute atomic E-state index is 0.498. The Labute approximate surface area is 111 Å². The van der Waals surface area contributed by atoms with E-state index in [1.54, 1.807) is 0 Å². The third-order valence-electron chi connectivity index (χ3n) is 3.72. The highest BCUT2D eigenvalue weighted by atomic mass is 15.1. The Kier molecular flexibility index (Phi) is 5.21. The van der Waals surface area contributed by atoms with Gasteiger partial charge in [-0.2, -0.15) is 0 Å². The molecule has 0 saturated heterocycles. The zero-order valence-electron chi connectivity index (χ0n) is 11.7. The highest BCUT2D eigenvalue weighted by Crippen LogP contribution is 2.29. The Balaban J connectivity index is 1.81. The van der Waals surface area contributed by atoms with Gasteiger partial charge in [-0.3, -0.25) is 0 Å². The van der Waals surface area contributed by atoms with E-state index in [2.05, 4.69) is 54.5 Å². The van der Waals surface area contributed by atoms with Gasteiger partial charge in [0.05, 0.1) is 0 Å². The molecule has 0 radical (unpaired) electrons. The predicted molar refractivity (Wildman–Crippen MR) is 77.7 cm³/mol. The van der Waals surface area contributed by atoms with Crippen LogP contribution in [-0.4, -0.2) is 31.6 Å². The third kappa shape index (κ3) is 4.43. The summed E-state index contributed by atoms with van der Waals surface area (Å²) in [6, 6.07) is 11.3. The van der Waals surface area contributed by atoms with Gasteiger partial charge in [-0.1, -0.05) is 37.3 Å². The van der Waals surface area contributed by atoms with E-state index in [9.17, 15) is 0 Å². The third-order valence-corrected chi connectivity index (χ3v) is 3.72. The molecule has 1 aromatic carbocycles. The van der Waals surface area contributed by atoms with Crippen LogP contribution in [0.4, 0.5) is 0 Å². The van der Waals surface area contributed by atoms with Crippen molar-refractivity contribution in [3.8, 4) is 0 Å². The monoisotopic (exact) mass is 246 g/mol. The van der Waals surface area contributed by atoms with Gasteiger partial charge in [0.15, 0.2) is 0 Å². The van der Waals surface area contributed by atoms with Gasteiger partial charge in [0.25, 0.3) is 0 Å². The van der Waals surface area contributed by atoms with Gasteiger partial charge < -0.3 is 10.2 Å². The molecule has 0 aliphatic heterocycles. The van der Waals surface area contributed by atoms with E-state index in [4.69, 9.17) is 0 Å². The highest BCUT2D eigenvalue weighted by molar-refractivity contribution is 5.18. The topological polar surface area (TPSA) is 15.3 Å². The second-order valence-corrected chi connectivity index (χ2v) is 5.52. The number of rotatable bonds is 8. The minimum Gasteiger partial charge on any atom is -0.310 e. The van der Waals surface area contributed by atoms with E-state index in [1.165, 1.54) is 37.9 Å². The Morgan fingerprint density at radius 2 is 2.00 bits per heavy atom. The van der Waals surface area contributed by atoms with E-state index >= 15 is 0 Å². The van der Waals surface area contributed by atoms with Crippen LogP contribution in [0.2, 0.25) is 0 Å². The largest absolute Gasteiger partial charge is 0.310 e. The molecule has 1 atom stereocenters. The van der Waals surface area contributed by atoms with Crippen LogP contribution < -0.4 is 5.32 Å². The average Bonchev–Trinajstić information content (AvgIpc) is 3.19. The Hall–Kier alpha value is -0.860. The fraction of sp³-hybridized carbons (Fsp3) is 0.625. The number of benzene rings is 1. The molecule has 1 aliphatic carbocycles. The van der Waals surface area contributed by atoms with Crippen molar-refractivity contribution in [2.75, 3.05) is 26.7 Å². The summed E-state index contributed by atoms with van der Waals surface area (Å²) in [7, 11) is 2.26. The lowest BCUT2D eigenvalue weighted by molar-refractivity contribution is 0.297. The number of nitrogens with one attached hydrogen (secondary N) is 1. The Morgan fingerprint density at radius 1 is 1.28 bits per heavy atom. The van der Waals surface area contributed by atoms with Crippen LogP contribution in [0.1, 0.15) is 37.8 Å². The molecular weight excluding hydrogens is 220 g/mol. The SMILES string of the molecule is CCNC(CCN(C)CC1CC1)c1ccccc1. The number of hydrogen-bond acceptors (Lipinski definition) is 2. The van der Waals surface area contributed by atoms with E-state index in [-0.39, 0.29) is 0 Å². The van der Waals surface area contributed by atoms with Gasteiger partial charge in [0.1, 0.15) is 0 Å². The van der Waals surface area contributed by atoms with E-state index < -0.39 is 0 Å². The Bertz CT molecular complexity index is 332. The molecule has 0 amide bonds. The normalized spacial score (nSPS) is 17.1. The van der Waals surface area contributed by atoms with Crippen LogP contribution in [0.15, 0.2) is 30.3 Å². The lowest BCUT2D eigenvalue weighted by atomic mass is 10.0. The first-order valence-electron chi connectivity index (χ1n) is 7.26. The van der Waals surface area contributed by atoms with Gasteiger partial charge in [-0.15, -0.1) is 0 Å². The second-order valence-electron chi connectivity index (χ2n) is 5.52. The van der Waals surface area contributed by atoms with Crippen molar-refractivity contribution in [3.63, 3.8) is 0 Å². The lowest BCUT2D eigenvalue weighted by Gasteiger charge is -2.22. The smallest absolute Gasteiger partial charge is 0.0332 e. The maximum absolute atomic E-state index is 3.60. The molecule has 1 fully saturated rings. The molecule has 1 saturated carbocycles. The summed E-state index contributed by atoms with van der Waals surface area (Å²) < 4.78 is 0. The van der Waals surface area contributed by atoms with Gasteiger partial charge in [0, 0.05) is 12.6 Å². The summed E-state index contributed by atoms with van der Waals surface area (Å²) in [5.74, 6) is 0.990. The van der Waals surface area contributed by atoms with E-state index in [0.717, 1.165) is 12.5 Å². The van der Waals surface area contributed by atoms with Crippen LogP contribution in [0.3, 0.4) is 0 Å². The molecule has 1 unspecified atom stereocenters. The molecule has 18 heavy (non-hydrogen) atoms. The van der Waals surface area contributed by atoms with Gasteiger partial charge in [-0.25, -0.2) is 0 Å². The van der Waals surface area contributed by atoms with Gasteiger partial charge in [0.2, 0.25) is 0 Å². The molecular formula is C16H26N2. The van der Waals surface area contributed by atoms with Crippen molar-refractivity contribution in [3.05, 3.63) is 35.9 Å². The van der Waals surface area contributed by atoms with Crippen molar-refractivity contribution in [1.29, 1.82) is 0 Å². The van der Waals surface area contributed by atoms with Crippen LogP contribution >= 0.6 is 0 Å². The van der Waals surface area contributed by atoms with Crippen molar-refractivity contribution in [2.24, 2.45) is 5.92 Å². The van der Waals surface area contributed by atoms with Gasteiger partial charge >= 0.3 is 0 Å².